The van der Waals surface area contributed by atoms with E-state index in [1.54, 1.807) is 12.1 Å². The lowest BCUT2D eigenvalue weighted by Crippen LogP contribution is -2.47. The minimum absolute atomic E-state index is 0.0859. The van der Waals surface area contributed by atoms with E-state index in [0.29, 0.717) is 28.5 Å². The lowest BCUT2D eigenvalue weighted by atomic mass is 9.99. The zero-order valence-corrected chi connectivity index (χ0v) is 16.6. The summed E-state index contributed by atoms with van der Waals surface area (Å²) >= 11 is 6.07. The Balaban J connectivity index is 1.88. The number of benzene rings is 1. The molecule has 1 N–H and O–H groups in total. The molecule has 1 aliphatic rings. The van der Waals surface area contributed by atoms with Crippen LogP contribution in [0.5, 0.6) is 11.5 Å². The molecule has 28 heavy (non-hydrogen) atoms. The van der Waals surface area contributed by atoms with Gasteiger partial charge in [-0.3, -0.25) is 4.79 Å². The zero-order chi connectivity index (χ0) is 20.7. The molecule has 0 radical (unpaired) electrons. The van der Waals surface area contributed by atoms with Gasteiger partial charge in [0.2, 0.25) is 6.79 Å². The highest BCUT2D eigenvalue weighted by Crippen LogP contribution is 2.40. The molecule has 1 aliphatic heterocycles. The van der Waals surface area contributed by atoms with Crippen LogP contribution in [-0.2, 0) is 23.9 Å². The number of hydrogen-bond acceptors (Lipinski definition) is 7. The normalized spacial score (nSPS) is 14.4. The lowest BCUT2D eigenvalue weighted by Gasteiger charge is -2.21. The van der Waals surface area contributed by atoms with E-state index in [9.17, 15) is 14.4 Å². The van der Waals surface area contributed by atoms with Gasteiger partial charge in [-0.15, -0.1) is 0 Å². The van der Waals surface area contributed by atoms with Crippen LogP contribution in [0.2, 0.25) is 5.02 Å². The minimum atomic E-state index is -0.799. The van der Waals surface area contributed by atoms with Crippen LogP contribution in [0.15, 0.2) is 18.2 Å². The summed E-state index contributed by atoms with van der Waals surface area (Å²) in [6, 6.07) is 2.48. The van der Waals surface area contributed by atoms with Gasteiger partial charge in [0.15, 0.2) is 18.1 Å². The third kappa shape index (κ3) is 5.63. The van der Waals surface area contributed by atoms with Crippen LogP contribution in [0.1, 0.15) is 25.8 Å². The van der Waals surface area contributed by atoms with Gasteiger partial charge in [0.1, 0.15) is 6.04 Å². The lowest BCUT2D eigenvalue weighted by molar-refractivity contribution is -0.148. The number of hydrogen-bond donors (Lipinski definition) is 1. The van der Waals surface area contributed by atoms with Crippen molar-refractivity contribution in [3.8, 4) is 11.5 Å². The first-order chi connectivity index (χ1) is 13.3. The van der Waals surface area contributed by atoms with E-state index in [-0.39, 0.29) is 12.7 Å². The summed E-state index contributed by atoms with van der Waals surface area (Å²) in [4.78, 5) is 35.6. The summed E-state index contributed by atoms with van der Waals surface area (Å²) in [7, 11) is 1.25. The van der Waals surface area contributed by atoms with Gasteiger partial charge in [-0.1, -0.05) is 31.9 Å². The third-order valence-corrected chi connectivity index (χ3v) is 4.47. The number of carbonyl (C=O) groups excluding carboxylic acids is 3. The summed E-state index contributed by atoms with van der Waals surface area (Å²) in [5.41, 5.74) is 0.609. The Kier molecular flexibility index (Phi) is 7.69. The first-order valence-corrected chi connectivity index (χ1v) is 9.04. The Morgan fingerprint density at radius 3 is 2.75 bits per heavy atom. The van der Waals surface area contributed by atoms with Gasteiger partial charge >= 0.3 is 11.9 Å². The average molecular weight is 412 g/mol. The van der Waals surface area contributed by atoms with Crippen molar-refractivity contribution in [2.45, 2.75) is 26.3 Å². The number of methoxy groups -OCH3 is 1. The number of fused-ring (bicyclic) bond motifs is 1. The van der Waals surface area contributed by atoms with Crippen LogP contribution in [0.4, 0.5) is 0 Å². The van der Waals surface area contributed by atoms with Crippen LogP contribution < -0.4 is 14.8 Å². The molecule has 8 nitrogen and oxygen atoms in total. The van der Waals surface area contributed by atoms with Crippen molar-refractivity contribution >= 4 is 35.5 Å². The molecule has 0 bridgehead atoms. The highest BCUT2D eigenvalue weighted by Gasteiger charge is 2.26. The maximum atomic E-state index is 12.0. The van der Waals surface area contributed by atoms with Gasteiger partial charge in [-0.05, 0) is 29.7 Å². The van der Waals surface area contributed by atoms with E-state index in [0.717, 1.165) is 6.08 Å². The summed E-state index contributed by atoms with van der Waals surface area (Å²) in [5.74, 6) is -1.04. The molecule has 0 aliphatic carbocycles. The van der Waals surface area contributed by atoms with Gasteiger partial charge in [-0.25, -0.2) is 9.59 Å². The monoisotopic (exact) mass is 411 g/mol. The van der Waals surface area contributed by atoms with Crippen molar-refractivity contribution < 1.29 is 33.3 Å². The van der Waals surface area contributed by atoms with Crippen LogP contribution in [0, 0.1) is 5.92 Å². The number of amides is 1. The van der Waals surface area contributed by atoms with E-state index in [1.807, 2.05) is 13.8 Å². The third-order valence-electron chi connectivity index (χ3n) is 4.19. The first kappa shape index (κ1) is 21.6. The molecule has 1 heterocycles. The quantitative estimate of drug-likeness (QED) is 0.517. The summed E-state index contributed by atoms with van der Waals surface area (Å²) in [6.45, 7) is 3.27. The smallest absolute Gasteiger partial charge is 0.331 e. The Morgan fingerprint density at radius 1 is 1.32 bits per heavy atom. The fourth-order valence-corrected chi connectivity index (χ4v) is 2.72. The SMILES string of the molecule is CC[C@@H](C)[C@@H](NC(=O)COC(=O)/C=C/c1cc(Cl)c2c(c1)OCO2)C(=O)OC. The maximum Gasteiger partial charge on any atom is 0.331 e. The topological polar surface area (TPSA) is 100 Å². The molecule has 0 saturated carbocycles. The molecule has 0 spiro atoms. The molecule has 1 aromatic rings. The number of rotatable bonds is 8. The Bertz CT molecular complexity index is 778. The molecule has 0 unspecified atom stereocenters. The average Bonchev–Trinajstić information content (AvgIpc) is 3.17. The molecular weight excluding hydrogens is 390 g/mol. The molecule has 2 atom stereocenters. The van der Waals surface area contributed by atoms with Crippen LogP contribution >= 0.6 is 11.6 Å². The molecule has 0 fully saturated rings. The van der Waals surface area contributed by atoms with Crippen molar-refractivity contribution in [1.29, 1.82) is 0 Å². The zero-order valence-electron chi connectivity index (χ0n) is 15.8. The molecule has 9 heteroatoms. The second-order valence-electron chi connectivity index (χ2n) is 6.13. The Hall–Kier alpha value is -2.74. The Morgan fingerprint density at radius 2 is 2.07 bits per heavy atom. The van der Waals surface area contributed by atoms with Crippen molar-refractivity contribution in [2.75, 3.05) is 20.5 Å². The molecule has 0 aromatic heterocycles. The van der Waals surface area contributed by atoms with Crippen LogP contribution in [-0.4, -0.2) is 44.4 Å². The van der Waals surface area contributed by atoms with E-state index >= 15 is 0 Å². The van der Waals surface area contributed by atoms with Gasteiger partial charge in [-0.2, -0.15) is 0 Å². The van der Waals surface area contributed by atoms with Crippen molar-refractivity contribution in [2.24, 2.45) is 5.92 Å². The fourth-order valence-electron chi connectivity index (χ4n) is 2.44. The number of ether oxygens (including phenoxy) is 4. The van der Waals surface area contributed by atoms with Crippen molar-refractivity contribution in [3.63, 3.8) is 0 Å². The van der Waals surface area contributed by atoms with Gasteiger partial charge in [0.05, 0.1) is 12.1 Å². The molecular formula is C19H22ClNO7. The van der Waals surface area contributed by atoms with Crippen molar-refractivity contribution in [1.82, 2.24) is 5.32 Å². The second-order valence-corrected chi connectivity index (χ2v) is 6.54. The molecule has 152 valence electrons. The first-order valence-electron chi connectivity index (χ1n) is 8.66. The number of nitrogens with one attached hydrogen (secondary N) is 1. The fraction of sp³-hybridized carbons (Fsp3) is 0.421. The van der Waals surface area contributed by atoms with Crippen LogP contribution in [0.25, 0.3) is 6.08 Å². The van der Waals surface area contributed by atoms with E-state index in [1.165, 1.54) is 13.2 Å². The van der Waals surface area contributed by atoms with Gasteiger partial charge < -0.3 is 24.3 Å². The summed E-state index contributed by atoms with van der Waals surface area (Å²) < 4.78 is 20.0. The summed E-state index contributed by atoms with van der Waals surface area (Å²) in [6.07, 6.45) is 3.30. The van der Waals surface area contributed by atoms with Gasteiger partial charge in [0, 0.05) is 6.08 Å². The second kappa shape index (κ2) is 9.98. The summed E-state index contributed by atoms with van der Waals surface area (Å²) in [5, 5.41) is 2.88. The predicted octanol–water partition coefficient (Wildman–Crippen LogP) is 2.33. The van der Waals surface area contributed by atoms with Crippen LogP contribution in [0.3, 0.4) is 0 Å². The maximum absolute atomic E-state index is 12.0. The predicted molar refractivity (Wildman–Crippen MR) is 101 cm³/mol. The standard InChI is InChI=1S/C19H22ClNO7/c1-4-11(2)17(19(24)25-3)21-15(22)9-26-16(23)6-5-12-7-13(20)18-14(8-12)27-10-28-18/h5-8,11,17H,4,9-10H2,1-3H3,(H,21,22)/b6-5+/t11-,17-/m1/s1. The number of esters is 2. The molecule has 0 saturated heterocycles. The number of halogens is 1. The molecule has 1 aromatic carbocycles. The molecule has 1 amide bonds. The highest BCUT2D eigenvalue weighted by atomic mass is 35.5. The largest absolute Gasteiger partial charge is 0.467 e. The van der Waals surface area contributed by atoms with E-state index in [2.05, 4.69) is 10.1 Å². The molecule has 2 rings (SSSR count). The van der Waals surface area contributed by atoms with E-state index in [4.69, 9.17) is 25.8 Å². The number of carbonyl (C=O) groups is 3. The Labute approximate surface area is 167 Å². The highest BCUT2D eigenvalue weighted by molar-refractivity contribution is 6.32. The van der Waals surface area contributed by atoms with E-state index < -0.39 is 30.5 Å². The van der Waals surface area contributed by atoms with Gasteiger partial charge in [0.25, 0.3) is 5.91 Å². The minimum Gasteiger partial charge on any atom is -0.467 e. The van der Waals surface area contributed by atoms with Crippen molar-refractivity contribution in [3.05, 3.63) is 28.8 Å².